The largest absolute Gasteiger partial charge is 0.493 e. The van der Waals surface area contributed by atoms with Crippen molar-refractivity contribution >= 4 is 29.4 Å². The SMILES string of the molecule is COc1cc(/C=N/NC(=O)Cc2ccccc2[N+](=O)[O-])ccc1OCC(=O)Nc1ccccc1. The third kappa shape index (κ3) is 6.89. The molecule has 34 heavy (non-hydrogen) atoms. The number of methoxy groups -OCH3 is 1. The normalized spacial score (nSPS) is 10.5. The molecule has 0 aliphatic rings. The molecule has 0 aliphatic heterocycles. The van der Waals surface area contributed by atoms with Gasteiger partial charge >= 0.3 is 0 Å². The van der Waals surface area contributed by atoms with Gasteiger partial charge in [-0.3, -0.25) is 19.7 Å². The van der Waals surface area contributed by atoms with E-state index in [4.69, 9.17) is 9.47 Å². The van der Waals surface area contributed by atoms with Crippen LogP contribution in [0.15, 0.2) is 77.9 Å². The van der Waals surface area contributed by atoms with Crippen LogP contribution in [0, 0.1) is 10.1 Å². The lowest BCUT2D eigenvalue weighted by atomic mass is 10.1. The average Bonchev–Trinajstić information content (AvgIpc) is 2.84. The molecule has 3 aromatic rings. The zero-order valence-electron chi connectivity index (χ0n) is 18.3. The first-order chi connectivity index (χ1) is 16.5. The first-order valence-corrected chi connectivity index (χ1v) is 10.2. The van der Waals surface area contributed by atoms with Crippen LogP contribution < -0.4 is 20.2 Å². The molecule has 10 heteroatoms. The van der Waals surface area contributed by atoms with Crippen molar-refractivity contribution in [1.29, 1.82) is 0 Å². The summed E-state index contributed by atoms with van der Waals surface area (Å²) in [5.74, 6) is -0.0758. The van der Waals surface area contributed by atoms with Crippen LogP contribution in [0.5, 0.6) is 11.5 Å². The number of anilines is 1. The lowest BCUT2D eigenvalue weighted by molar-refractivity contribution is -0.385. The summed E-state index contributed by atoms with van der Waals surface area (Å²) in [5.41, 5.74) is 3.78. The summed E-state index contributed by atoms with van der Waals surface area (Å²) in [5, 5.41) is 17.7. The smallest absolute Gasteiger partial charge is 0.273 e. The first kappa shape index (κ1) is 23.9. The minimum absolute atomic E-state index is 0.126. The second-order valence-electron chi connectivity index (χ2n) is 6.97. The number of amides is 2. The maximum absolute atomic E-state index is 12.1. The molecule has 0 aliphatic carbocycles. The Kier molecular flexibility index (Phi) is 8.28. The number of benzene rings is 3. The van der Waals surface area contributed by atoms with Gasteiger partial charge in [0, 0.05) is 17.3 Å². The number of nitro groups is 1. The molecule has 0 saturated carbocycles. The van der Waals surface area contributed by atoms with Gasteiger partial charge < -0.3 is 14.8 Å². The molecule has 2 N–H and O–H groups in total. The highest BCUT2D eigenvalue weighted by Crippen LogP contribution is 2.27. The first-order valence-electron chi connectivity index (χ1n) is 10.2. The summed E-state index contributed by atoms with van der Waals surface area (Å²) < 4.78 is 10.9. The van der Waals surface area contributed by atoms with Crippen molar-refractivity contribution in [1.82, 2.24) is 5.43 Å². The van der Waals surface area contributed by atoms with E-state index in [0.29, 0.717) is 28.3 Å². The Morgan fingerprint density at radius 2 is 1.74 bits per heavy atom. The second-order valence-corrected chi connectivity index (χ2v) is 6.97. The van der Waals surface area contributed by atoms with Crippen LogP contribution in [0.1, 0.15) is 11.1 Å². The number of carbonyl (C=O) groups excluding carboxylic acids is 2. The Balaban J connectivity index is 1.55. The number of hydrazone groups is 1. The number of ether oxygens (including phenoxy) is 2. The van der Waals surface area contributed by atoms with E-state index in [1.54, 1.807) is 36.4 Å². The summed E-state index contributed by atoms with van der Waals surface area (Å²) in [6, 6.07) is 20.0. The molecule has 0 atom stereocenters. The molecule has 2 amide bonds. The molecule has 0 fully saturated rings. The lowest BCUT2D eigenvalue weighted by Crippen LogP contribution is -2.20. The van der Waals surface area contributed by atoms with Crippen molar-refractivity contribution in [3.05, 3.63) is 94.0 Å². The number of para-hydroxylation sites is 2. The summed E-state index contributed by atoms with van der Waals surface area (Å²) >= 11 is 0. The zero-order chi connectivity index (χ0) is 24.3. The standard InChI is InChI=1S/C24H22N4O6/c1-33-22-13-17(11-12-21(22)34-16-24(30)26-19-8-3-2-4-9-19)15-25-27-23(29)14-18-7-5-6-10-20(18)28(31)32/h2-13,15H,14,16H2,1H3,(H,26,30)(H,27,29)/b25-15+. The number of hydrogen-bond acceptors (Lipinski definition) is 7. The maximum atomic E-state index is 12.1. The van der Waals surface area contributed by atoms with E-state index in [9.17, 15) is 19.7 Å². The number of hydrogen-bond donors (Lipinski definition) is 2. The molecule has 0 heterocycles. The highest BCUT2D eigenvalue weighted by molar-refractivity contribution is 5.92. The number of nitro benzene ring substituents is 1. The molecule has 174 valence electrons. The summed E-state index contributed by atoms with van der Waals surface area (Å²) in [4.78, 5) is 34.7. The van der Waals surface area contributed by atoms with Crippen molar-refractivity contribution in [2.45, 2.75) is 6.42 Å². The average molecular weight is 462 g/mol. The molecule has 0 radical (unpaired) electrons. The van der Waals surface area contributed by atoms with E-state index < -0.39 is 10.8 Å². The number of rotatable bonds is 10. The zero-order valence-corrected chi connectivity index (χ0v) is 18.3. The van der Waals surface area contributed by atoms with Gasteiger partial charge in [-0.15, -0.1) is 0 Å². The van der Waals surface area contributed by atoms with E-state index >= 15 is 0 Å². The fourth-order valence-electron chi connectivity index (χ4n) is 2.98. The Morgan fingerprint density at radius 1 is 1.00 bits per heavy atom. The molecule has 0 aromatic heterocycles. The highest BCUT2D eigenvalue weighted by atomic mass is 16.6. The van der Waals surface area contributed by atoms with Crippen molar-refractivity contribution in [3.8, 4) is 11.5 Å². The van der Waals surface area contributed by atoms with Gasteiger partial charge in [0.15, 0.2) is 18.1 Å². The summed E-state index contributed by atoms with van der Waals surface area (Å²) in [6.07, 6.45) is 1.21. The molecule has 10 nitrogen and oxygen atoms in total. The minimum atomic E-state index is -0.535. The van der Waals surface area contributed by atoms with Crippen LogP contribution in [0.3, 0.4) is 0 Å². The monoisotopic (exact) mass is 462 g/mol. The van der Waals surface area contributed by atoms with Gasteiger partial charge in [0.25, 0.3) is 11.6 Å². The molecular weight excluding hydrogens is 440 g/mol. The molecule has 0 bridgehead atoms. The molecular formula is C24H22N4O6. The number of nitrogens with zero attached hydrogens (tertiary/aromatic N) is 2. The molecule has 3 rings (SSSR count). The third-order valence-corrected chi connectivity index (χ3v) is 4.55. The van der Waals surface area contributed by atoms with Crippen LogP contribution in [0.4, 0.5) is 11.4 Å². The quantitative estimate of drug-likeness (QED) is 0.270. The summed E-state index contributed by atoms with van der Waals surface area (Å²) in [6.45, 7) is -0.208. The molecule has 0 spiro atoms. The summed E-state index contributed by atoms with van der Waals surface area (Å²) in [7, 11) is 1.46. The second kappa shape index (κ2) is 11.8. The van der Waals surface area contributed by atoms with E-state index in [1.807, 2.05) is 18.2 Å². The van der Waals surface area contributed by atoms with E-state index in [2.05, 4.69) is 15.8 Å². The van der Waals surface area contributed by atoms with Gasteiger partial charge in [-0.05, 0) is 35.9 Å². The molecule has 0 unspecified atom stereocenters. The predicted octanol–water partition coefficient (Wildman–Crippen LogP) is 3.31. The van der Waals surface area contributed by atoms with Crippen LogP contribution in [-0.4, -0.2) is 36.7 Å². The van der Waals surface area contributed by atoms with Gasteiger partial charge in [-0.25, -0.2) is 5.43 Å². The van der Waals surface area contributed by atoms with Gasteiger partial charge in [0.1, 0.15) is 0 Å². The number of nitrogens with one attached hydrogen (secondary N) is 2. The van der Waals surface area contributed by atoms with Crippen molar-refractivity contribution in [2.75, 3.05) is 19.0 Å². The van der Waals surface area contributed by atoms with Gasteiger partial charge in [-0.2, -0.15) is 5.10 Å². The topological polar surface area (TPSA) is 132 Å². The molecule has 0 saturated heterocycles. The third-order valence-electron chi connectivity index (χ3n) is 4.55. The number of carbonyl (C=O) groups is 2. The fraction of sp³-hybridized carbons (Fsp3) is 0.125. The van der Waals surface area contributed by atoms with Crippen LogP contribution in [0.25, 0.3) is 0 Å². The van der Waals surface area contributed by atoms with Crippen molar-refractivity contribution in [3.63, 3.8) is 0 Å². The van der Waals surface area contributed by atoms with Crippen LogP contribution >= 0.6 is 0 Å². The predicted molar refractivity (Wildman–Crippen MR) is 126 cm³/mol. The Labute approximate surface area is 195 Å². The van der Waals surface area contributed by atoms with E-state index in [-0.39, 0.29) is 24.6 Å². The lowest BCUT2D eigenvalue weighted by Gasteiger charge is -2.11. The van der Waals surface area contributed by atoms with Crippen LogP contribution in [0.2, 0.25) is 0 Å². The minimum Gasteiger partial charge on any atom is -0.493 e. The molecule has 3 aromatic carbocycles. The van der Waals surface area contributed by atoms with E-state index in [0.717, 1.165) is 0 Å². The highest BCUT2D eigenvalue weighted by Gasteiger charge is 2.15. The Hall–Kier alpha value is -4.73. The maximum Gasteiger partial charge on any atom is 0.273 e. The fourth-order valence-corrected chi connectivity index (χ4v) is 2.98. The van der Waals surface area contributed by atoms with Crippen molar-refractivity contribution in [2.24, 2.45) is 5.10 Å². The Morgan fingerprint density at radius 3 is 2.47 bits per heavy atom. The van der Waals surface area contributed by atoms with Crippen LogP contribution in [-0.2, 0) is 16.0 Å². The van der Waals surface area contributed by atoms with Gasteiger partial charge in [0.05, 0.1) is 24.7 Å². The van der Waals surface area contributed by atoms with E-state index in [1.165, 1.54) is 31.5 Å². The van der Waals surface area contributed by atoms with Gasteiger partial charge in [0.2, 0.25) is 5.91 Å². The Bertz CT molecular complexity index is 1200. The van der Waals surface area contributed by atoms with Gasteiger partial charge in [-0.1, -0.05) is 36.4 Å². The van der Waals surface area contributed by atoms with Crippen molar-refractivity contribution < 1.29 is 24.0 Å².